The van der Waals surface area contributed by atoms with Crippen LogP contribution in [0.25, 0.3) is 0 Å². The van der Waals surface area contributed by atoms with Gasteiger partial charge in [-0.25, -0.2) is 0 Å². The molecular formula is C19H24N4O2. The second-order valence-electron chi connectivity index (χ2n) is 6.29. The normalized spacial score (nSPS) is 20.5. The lowest BCUT2D eigenvalue weighted by Crippen LogP contribution is -2.34. The van der Waals surface area contributed by atoms with Crippen LogP contribution in [0.4, 0.5) is 11.5 Å². The number of ether oxygens (including phenoxy) is 1. The van der Waals surface area contributed by atoms with E-state index in [0.717, 1.165) is 18.5 Å². The molecule has 1 amide bonds. The molecule has 132 valence electrons. The van der Waals surface area contributed by atoms with Gasteiger partial charge in [-0.05, 0) is 37.1 Å². The van der Waals surface area contributed by atoms with Crippen LogP contribution < -0.4 is 10.6 Å². The highest BCUT2D eigenvalue weighted by molar-refractivity contribution is 6.02. The van der Waals surface area contributed by atoms with E-state index >= 15 is 0 Å². The smallest absolute Gasteiger partial charge is 0.276 e. The molecule has 0 spiro atoms. The highest BCUT2D eigenvalue weighted by atomic mass is 16.5. The summed E-state index contributed by atoms with van der Waals surface area (Å²) in [6, 6.07) is 13.0. The maximum Gasteiger partial charge on any atom is 0.276 e. The van der Waals surface area contributed by atoms with E-state index < -0.39 is 0 Å². The highest BCUT2D eigenvalue weighted by Crippen LogP contribution is 2.22. The number of aromatic nitrogens is 2. The van der Waals surface area contributed by atoms with Gasteiger partial charge in [0.15, 0.2) is 5.69 Å². The SMILES string of the molecule is CO[C@H]1CCCCC[C@H]1Nc1ccc(C(=O)Nc2ccccc2)nn1. The maximum absolute atomic E-state index is 12.2. The van der Waals surface area contributed by atoms with Crippen LogP contribution in [-0.2, 0) is 4.74 Å². The Kier molecular flexibility index (Phi) is 5.95. The van der Waals surface area contributed by atoms with Crippen LogP contribution in [0.2, 0.25) is 0 Å². The van der Waals surface area contributed by atoms with Crippen LogP contribution in [0.1, 0.15) is 42.6 Å². The molecular weight excluding hydrogens is 316 g/mol. The Balaban J connectivity index is 1.62. The summed E-state index contributed by atoms with van der Waals surface area (Å²) in [7, 11) is 1.76. The summed E-state index contributed by atoms with van der Waals surface area (Å²) in [5, 5.41) is 14.4. The number of amides is 1. The Bertz CT molecular complexity index is 676. The van der Waals surface area contributed by atoms with Crippen LogP contribution >= 0.6 is 0 Å². The van der Waals surface area contributed by atoms with Gasteiger partial charge in [-0.2, -0.15) is 0 Å². The summed E-state index contributed by atoms with van der Waals surface area (Å²) in [5.74, 6) is 0.402. The lowest BCUT2D eigenvalue weighted by atomic mass is 10.1. The third-order valence-electron chi connectivity index (χ3n) is 4.52. The van der Waals surface area contributed by atoms with Crippen LogP contribution in [0.3, 0.4) is 0 Å². The number of rotatable bonds is 5. The summed E-state index contributed by atoms with van der Waals surface area (Å²) in [6.07, 6.45) is 5.91. The molecule has 6 nitrogen and oxygen atoms in total. The second kappa shape index (κ2) is 8.58. The molecule has 1 saturated carbocycles. The maximum atomic E-state index is 12.2. The summed E-state index contributed by atoms with van der Waals surface area (Å²) < 4.78 is 5.61. The molecule has 1 fully saturated rings. The lowest BCUT2D eigenvalue weighted by Gasteiger charge is -2.25. The zero-order chi connectivity index (χ0) is 17.5. The highest BCUT2D eigenvalue weighted by Gasteiger charge is 2.23. The van der Waals surface area contributed by atoms with E-state index in [2.05, 4.69) is 20.8 Å². The van der Waals surface area contributed by atoms with Gasteiger partial charge in [0.1, 0.15) is 5.82 Å². The van der Waals surface area contributed by atoms with Gasteiger partial charge >= 0.3 is 0 Å². The summed E-state index contributed by atoms with van der Waals surface area (Å²) in [4.78, 5) is 12.2. The number of anilines is 2. The Labute approximate surface area is 148 Å². The minimum Gasteiger partial charge on any atom is -0.379 e. The van der Waals surface area contributed by atoms with Gasteiger partial charge in [0.05, 0.1) is 12.1 Å². The number of nitrogens with one attached hydrogen (secondary N) is 2. The van der Waals surface area contributed by atoms with Crippen LogP contribution in [0.15, 0.2) is 42.5 Å². The summed E-state index contributed by atoms with van der Waals surface area (Å²) in [5.41, 5.74) is 1.02. The number of carbonyl (C=O) groups is 1. The van der Waals surface area contributed by atoms with Crippen molar-refractivity contribution in [2.24, 2.45) is 0 Å². The van der Waals surface area contributed by atoms with Crippen molar-refractivity contribution in [3.63, 3.8) is 0 Å². The van der Waals surface area contributed by atoms with Gasteiger partial charge in [-0.3, -0.25) is 4.79 Å². The third-order valence-corrected chi connectivity index (χ3v) is 4.52. The lowest BCUT2D eigenvalue weighted by molar-refractivity contribution is 0.0805. The quantitative estimate of drug-likeness (QED) is 0.815. The fourth-order valence-corrected chi connectivity index (χ4v) is 3.16. The van der Waals surface area contributed by atoms with Crippen molar-refractivity contribution >= 4 is 17.4 Å². The molecule has 3 rings (SSSR count). The first-order valence-corrected chi connectivity index (χ1v) is 8.76. The molecule has 0 unspecified atom stereocenters. The predicted molar refractivity (Wildman–Crippen MR) is 97.7 cm³/mol. The molecule has 25 heavy (non-hydrogen) atoms. The minimum atomic E-state index is -0.269. The molecule has 6 heteroatoms. The van der Waals surface area contributed by atoms with Gasteiger partial charge in [0, 0.05) is 12.8 Å². The fraction of sp³-hybridized carbons (Fsp3) is 0.421. The Morgan fingerprint density at radius 2 is 1.84 bits per heavy atom. The molecule has 1 aliphatic rings. The Hall–Kier alpha value is -2.47. The number of carbonyl (C=O) groups excluding carboxylic acids is 1. The van der Waals surface area contributed by atoms with Crippen molar-refractivity contribution in [1.82, 2.24) is 10.2 Å². The molecule has 1 aromatic heterocycles. The molecule has 1 heterocycles. The van der Waals surface area contributed by atoms with Crippen LogP contribution in [-0.4, -0.2) is 35.4 Å². The molecule has 1 aromatic carbocycles. The van der Waals surface area contributed by atoms with Crippen molar-refractivity contribution in [2.45, 2.75) is 44.2 Å². The Morgan fingerprint density at radius 1 is 1.04 bits per heavy atom. The first-order chi connectivity index (χ1) is 12.3. The first-order valence-electron chi connectivity index (χ1n) is 8.76. The van der Waals surface area contributed by atoms with Gasteiger partial charge in [-0.15, -0.1) is 10.2 Å². The molecule has 2 N–H and O–H groups in total. The monoisotopic (exact) mass is 340 g/mol. The van der Waals surface area contributed by atoms with Gasteiger partial charge in [0.2, 0.25) is 0 Å². The number of para-hydroxylation sites is 1. The van der Waals surface area contributed by atoms with E-state index in [4.69, 9.17) is 4.74 Å². The number of hydrogen-bond acceptors (Lipinski definition) is 5. The van der Waals surface area contributed by atoms with Gasteiger partial charge in [0.25, 0.3) is 5.91 Å². The molecule has 0 aliphatic heterocycles. The van der Waals surface area contributed by atoms with Gasteiger partial charge in [-0.1, -0.05) is 37.5 Å². The summed E-state index contributed by atoms with van der Waals surface area (Å²) >= 11 is 0. The minimum absolute atomic E-state index is 0.186. The molecule has 0 saturated heterocycles. The van der Waals surface area contributed by atoms with Gasteiger partial charge < -0.3 is 15.4 Å². The fourth-order valence-electron chi connectivity index (χ4n) is 3.16. The topological polar surface area (TPSA) is 76.1 Å². The molecule has 2 aromatic rings. The summed E-state index contributed by atoms with van der Waals surface area (Å²) in [6.45, 7) is 0. The van der Waals surface area contributed by atoms with Crippen molar-refractivity contribution in [3.8, 4) is 0 Å². The number of nitrogens with zero attached hydrogens (tertiary/aromatic N) is 2. The molecule has 0 radical (unpaired) electrons. The zero-order valence-electron chi connectivity index (χ0n) is 14.4. The Morgan fingerprint density at radius 3 is 2.56 bits per heavy atom. The van der Waals surface area contributed by atoms with Crippen molar-refractivity contribution in [1.29, 1.82) is 0 Å². The van der Waals surface area contributed by atoms with E-state index in [0.29, 0.717) is 11.5 Å². The van der Waals surface area contributed by atoms with E-state index in [-0.39, 0.29) is 18.1 Å². The van der Waals surface area contributed by atoms with E-state index in [9.17, 15) is 4.79 Å². The molecule has 0 bridgehead atoms. The third kappa shape index (κ3) is 4.76. The van der Waals surface area contributed by atoms with Crippen molar-refractivity contribution < 1.29 is 9.53 Å². The second-order valence-corrected chi connectivity index (χ2v) is 6.29. The number of hydrogen-bond donors (Lipinski definition) is 2. The predicted octanol–water partition coefficient (Wildman–Crippen LogP) is 3.49. The number of methoxy groups -OCH3 is 1. The molecule has 2 atom stereocenters. The average Bonchev–Trinajstić information content (AvgIpc) is 2.88. The average molecular weight is 340 g/mol. The largest absolute Gasteiger partial charge is 0.379 e. The first kappa shape index (κ1) is 17.4. The van der Waals surface area contributed by atoms with Crippen LogP contribution in [0.5, 0.6) is 0 Å². The number of benzene rings is 1. The van der Waals surface area contributed by atoms with E-state index in [1.54, 1.807) is 19.2 Å². The zero-order valence-corrected chi connectivity index (χ0v) is 14.4. The van der Waals surface area contributed by atoms with Crippen LogP contribution in [0, 0.1) is 0 Å². The van der Waals surface area contributed by atoms with E-state index in [1.165, 1.54) is 19.3 Å². The van der Waals surface area contributed by atoms with E-state index in [1.807, 2.05) is 30.3 Å². The standard InChI is InChI=1S/C19H24N4O2/c1-25-17-11-7-3-6-10-15(17)21-18-13-12-16(22-23-18)19(24)20-14-8-4-2-5-9-14/h2,4-5,8-9,12-13,15,17H,3,6-7,10-11H2,1H3,(H,20,24)(H,21,23)/t15-,17+/m1/s1. The van der Waals surface area contributed by atoms with Crippen molar-refractivity contribution in [2.75, 3.05) is 17.7 Å². The molecule has 1 aliphatic carbocycles. The van der Waals surface area contributed by atoms with Crippen molar-refractivity contribution in [3.05, 3.63) is 48.2 Å².